The summed E-state index contributed by atoms with van der Waals surface area (Å²) in [7, 11) is 1.17. The molecule has 0 aromatic heterocycles. The van der Waals surface area contributed by atoms with Crippen molar-refractivity contribution >= 4 is 19.7 Å². The fourth-order valence-electron chi connectivity index (χ4n) is 10.2. The predicted molar refractivity (Wildman–Crippen MR) is 385 cm³/mol. The van der Waals surface area contributed by atoms with E-state index in [0.29, 0.717) is 17.4 Å². The summed E-state index contributed by atoms with van der Waals surface area (Å²) in [5.41, 5.74) is 0. The topological polar surface area (TPSA) is 114 Å². The number of carbonyl (C=O) groups excluding carboxylic acids is 2. The molecule has 0 aromatic rings. The average Bonchev–Trinajstić information content (AvgIpc) is 3.70. The van der Waals surface area contributed by atoms with Gasteiger partial charge in [0.2, 0.25) is 5.91 Å². The van der Waals surface area contributed by atoms with Crippen LogP contribution in [0.2, 0.25) is 0 Å². The molecule has 0 aromatic carbocycles. The zero-order chi connectivity index (χ0) is 64.9. The number of hydrogen-bond donors (Lipinski definition) is 1. The summed E-state index contributed by atoms with van der Waals surface area (Å²) in [5.74, 6) is -0.551. The highest BCUT2D eigenvalue weighted by molar-refractivity contribution is 7.45. The Bertz CT molecular complexity index is 1940. The van der Waals surface area contributed by atoms with Gasteiger partial charge >= 0.3 is 5.97 Å². The number of quaternary nitrogens is 1. The fraction of sp³-hybridized carbons (Fsp3) is 0.722. The highest BCUT2D eigenvalue weighted by atomic mass is 31.2. The van der Waals surface area contributed by atoms with Gasteiger partial charge in [-0.15, -0.1) is 0 Å². The summed E-state index contributed by atoms with van der Waals surface area (Å²) in [6.45, 7) is 6.70. The average molecular weight is 1260 g/mol. The molecule has 0 saturated heterocycles. The Morgan fingerprint density at radius 1 is 0.404 bits per heavy atom. The second-order valence-corrected chi connectivity index (χ2v) is 27.1. The molecule has 3 unspecified atom stereocenters. The van der Waals surface area contributed by atoms with Gasteiger partial charge in [-0.2, -0.15) is 0 Å². The van der Waals surface area contributed by atoms with Crippen molar-refractivity contribution in [1.29, 1.82) is 0 Å². The quantitative estimate of drug-likeness (QED) is 0.0212. The first-order valence-electron chi connectivity index (χ1n) is 36.8. The minimum absolute atomic E-state index is 0.0291. The van der Waals surface area contributed by atoms with E-state index in [1.54, 1.807) is 0 Å². The normalized spacial score (nSPS) is 14.2. The maximum atomic E-state index is 13.6. The zero-order valence-electron chi connectivity index (χ0n) is 58.6. The zero-order valence-corrected chi connectivity index (χ0v) is 59.5. The van der Waals surface area contributed by atoms with E-state index in [2.05, 4.69) is 135 Å². The Morgan fingerprint density at radius 2 is 0.719 bits per heavy atom. The van der Waals surface area contributed by atoms with Crippen LogP contribution in [-0.4, -0.2) is 69.4 Å². The first-order valence-corrected chi connectivity index (χ1v) is 38.3. The molecule has 1 amide bonds. The number of nitrogens with zero attached hydrogens (tertiary/aromatic N) is 1. The van der Waals surface area contributed by atoms with Gasteiger partial charge in [0.05, 0.1) is 33.8 Å². The molecule has 0 rings (SSSR count). The molecule has 1 N–H and O–H groups in total. The molecule has 0 fully saturated rings. The van der Waals surface area contributed by atoms with Crippen molar-refractivity contribution in [2.45, 2.75) is 328 Å². The van der Waals surface area contributed by atoms with E-state index in [1.807, 2.05) is 33.3 Å². The van der Waals surface area contributed by atoms with E-state index in [-0.39, 0.29) is 24.9 Å². The molecule has 10 heteroatoms. The van der Waals surface area contributed by atoms with Gasteiger partial charge in [0.15, 0.2) is 0 Å². The SMILES string of the molecule is CC/C=C\C/C=C\C/C=C\C/C=C\C/C=C\CCCCCCCCCCCCCC(=O)NC(COP(=O)([O-])OCC[N+](C)(C)C)C(/C=C/CCCCCCCCCCC)OC(=O)CCCCCCCCCCC/C=C\C/C=C\C/C=C\C/C=C\CCCCC. The van der Waals surface area contributed by atoms with E-state index in [1.165, 1.54) is 148 Å². The van der Waals surface area contributed by atoms with Crippen LogP contribution in [0, 0.1) is 0 Å². The lowest BCUT2D eigenvalue weighted by molar-refractivity contribution is -0.870. The molecule has 89 heavy (non-hydrogen) atoms. The van der Waals surface area contributed by atoms with Gasteiger partial charge in [0.25, 0.3) is 7.82 Å². The first kappa shape index (κ1) is 85.4. The standard InChI is InChI=1S/C79H139N2O7P/c1-7-10-13-16-19-22-25-27-29-31-33-35-37-39-40-42-43-45-47-49-51-53-56-59-62-65-68-71-78(82)80-76(75-87-89(84,85)86-74-73-81(4,5)6)77(70-67-64-61-58-55-24-21-18-15-12-9-3)88-79(83)72-69-66-63-60-57-54-52-50-48-46-44-41-38-36-34-32-30-28-26-23-20-17-14-11-8-2/h10,13,19-20,22-23,27-30,33-36,39-41,44,67,70,76-77H,7-9,11-12,14-18,21,24-26,31-32,37-38,42-43,45-66,68-69,71-75H2,1-6H3,(H-,80,82,84,85)/b13-10-,22-19-,23-20-,29-27-,30-28-,35-33-,36-34-,40-39-,44-41-,70-67+. The monoisotopic (exact) mass is 1260 g/mol. The summed E-state index contributed by atoms with van der Waals surface area (Å²) in [5, 5.41) is 3.04. The van der Waals surface area contributed by atoms with Crippen LogP contribution in [0.15, 0.2) is 122 Å². The molecule has 9 nitrogen and oxygen atoms in total. The molecule has 0 radical (unpaired) electrons. The van der Waals surface area contributed by atoms with Crippen LogP contribution >= 0.6 is 7.82 Å². The molecule has 512 valence electrons. The maximum absolute atomic E-state index is 13.6. The lowest BCUT2D eigenvalue weighted by Gasteiger charge is -2.30. The van der Waals surface area contributed by atoms with Gasteiger partial charge < -0.3 is 28.5 Å². The summed E-state index contributed by atoms with van der Waals surface area (Å²) in [6, 6.07) is -0.901. The van der Waals surface area contributed by atoms with Crippen LogP contribution in [0.5, 0.6) is 0 Å². The van der Waals surface area contributed by atoms with Crippen LogP contribution in [0.1, 0.15) is 316 Å². The number of phosphoric acid groups is 1. The van der Waals surface area contributed by atoms with Crippen molar-refractivity contribution in [2.75, 3.05) is 40.9 Å². The molecule has 0 aliphatic heterocycles. The number of allylic oxidation sites excluding steroid dienone is 19. The number of rotatable bonds is 66. The van der Waals surface area contributed by atoms with Gasteiger partial charge in [0, 0.05) is 12.8 Å². The third kappa shape index (κ3) is 68.6. The van der Waals surface area contributed by atoms with Crippen LogP contribution in [-0.2, 0) is 27.9 Å². The minimum Gasteiger partial charge on any atom is -0.756 e. The van der Waals surface area contributed by atoms with Crippen molar-refractivity contribution < 1.29 is 37.3 Å². The van der Waals surface area contributed by atoms with Gasteiger partial charge in [-0.1, -0.05) is 303 Å². The van der Waals surface area contributed by atoms with Crippen molar-refractivity contribution in [3.8, 4) is 0 Å². The van der Waals surface area contributed by atoms with Crippen LogP contribution in [0.4, 0.5) is 0 Å². The van der Waals surface area contributed by atoms with Gasteiger partial charge in [-0.3, -0.25) is 14.2 Å². The van der Waals surface area contributed by atoms with Gasteiger partial charge in [0.1, 0.15) is 19.3 Å². The van der Waals surface area contributed by atoms with Crippen molar-refractivity contribution in [2.24, 2.45) is 0 Å². The van der Waals surface area contributed by atoms with E-state index in [9.17, 15) is 19.0 Å². The number of likely N-dealkylation sites (N-methyl/N-ethyl adjacent to an activating group) is 1. The Morgan fingerprint density at radius 3 is 1.10 bits per heavy atom. The number of amides is 1. The molecular weight excluding hydrogens is 1120 g/mol. The second kappa shape index (κ2) is 67.3. The van der Waals surface area contributed by atoms with Crippen molar-refractivity contribution in [1.82, 2.24) is 5.32 Å². The number of esters is 1. The molecule has 0 aliphatic carbocycles. The van der Waals surface area contributed by atoms with E-state index in [4.69, 9.17) is 13.8 Å². The molecule has 0 heterocycles. The van der Waals surface area contributed by atoms with Gasteiger partial charge in [-0.25, -0.2) is 0 Å². The fourth-order valence-corrected chi connectivity index (χ4v) is 11.0. The molecular formula is C79H139N2O7P. The molecule has 0 saturated carbocycles. The van der Waals surface area contributed by atoms with Crippen LogP contribution in [0.3, 0.4) is 0 Å². The largest absolute Gasteiger partial charge is 0.756 e. The third-order valence-electron chi connectivity index (χ3n) is 15.9. The van der Waals surface area contributed by atoms with E-state index in [0.717, 1.165) is 135 Å². The summed E-state index contributed by atoms with van der Waals surface area (Å²) in [4.78, 5) is 40.2. The number of hydrogen-bond acceptors (Lipinski definition) is 7. The number of unbranched alkanes of at least 4 members (excludes halogenated alkanes) is 32. The summed E-state index contributed by atoms with van der Waals surface area (Å²) >= 11 is 0. The number of phosphoric ester groups is 1. The smallest absolute Gasteiger partial charge is 0.306 e. The Labute approximate surface area is 550 Å². The molecule has 0 bridgehead atoms. The highest BCUT2D eigenvalue weighted by Gasteiger charge is 2.27. The molecule has 0 aliphatic rings. The lowest BCUT2D eigenvalue weighted by atomic mass is 10.0. The van der Waals surface area contributed by atoms with E-state index >= 15 is 0 Å². The van der Waals surface area contributed by atoms with Crippen molar-refractivity contribution in [3.63, 3.8) is 0 Å². The maximum Gasteiger partial charge on any atom is 0.306 e. The predicted octanol–water partition coefficient (Wildman–Crippen LogP) is 23.2. The Hall–Kier alpha value is -3.59. The third-order valence-corrected chi connectivity index (χ3v) is 16.8. The van der Waals surface area contributed by atoms with Crippen LogP contribution < -0.4 is 10.2 Å². The van der Waals surface area contributed by atoms with Gasteiger partial charge in [-0.05, 0) is 122 Å². The molecule has 3 atom stereocenters. The summed E-state index contributed by atoms with van der Waals surface area (Å²) in [6.07, 6.45) is 94.7. The van der Waals surface area contributed by atoms with Crippen molar-refractivity contribution in [3.05, 3.63) is 122 Å². The molecule has 0 spiro atoms. The highest BCUT2D eigenvalue weighted by Crippen LogP contribution is 2.38. The minimum atomic E-state index is -4.71. The Balaban J connectivity index is 5.01. The van der Waals surface area contributed by atoms with E-state index < -0.39 is 26.6 Å². The second-order valence-electron chi connectivity index (χ2n) is 25.7. The van der Waals surface area contributed by atoms with Crippen LogP contribution in [0.25, 0.3) is 0 Å². The summed E-state index contributed by atoms with van der Waals surface area (Å²) < 4.78 is 30.5. The number of carbonyl (C=O) groups is 2. The Kier molecular flexibility index (Phi) is 64.6. The first-order chi connectivity index (χ1) is 43.4. The lowest BCUT2D eigenvalue weighted by Crippen LogP contribution is -2.47. The number of nitrogens with one attached hydrogen (secondary N) is 1. The number of ether oxygens (including phenoxy) is 1.